The average Bonchev–Trinajstić information content (AvgIpc) is 2.84. The van der Waals surface area contributed by atoms with Crippen LogP contribution in [0.4, 0.5) is 10.1 Å². The molecular formula is C13H11BrFNO2. The van der Waals surface area contributed by atoms with Crippen LogP contribution in [-0.4, -0.2) is 5.91 Å². The summed E-state index contributed by atoms with van der Waals surface area (Å²) in [6.45, 7) is 0. The van der Waals surface area contributed by atoms with Gasteiger partial charge in [0, 0.05) is 17.3 Å². The van der Waals surface area contributed by atoms with Crippen molar-refractivity contribution in [2.24, 2.45) is 0 Å². The summed E-state index contributed by atoms with van der Waals surface area (Å²) >= 11 is 3.25. The lowest BCUT2D eigenvalue weighted by molar-refractivity contribution is -0.116. The highest BCUT2D eigenvalue weighted by Crippen LogP contribution is 2.23. The number of carbonyl (C=O) groups is 1. The third kappa shape index (κ3) is 3.43. The van der Waals surface area contributed by atoms with Crippen LogP contribution in [-0.2, 0) is 11.2 Å². The molecule has 0 saturated carbocycles. The molecule has 0 aliphatic carbocycles. The predicted molar refractivity (Wildman–Crippen MR) is 69.8 cm³/mol. The van der Waals surface area contributed by atoms with Gasteiger partial charge < -0.3 is 9.73 Å². The quantitative estimate of drug-likeness (QED) is 0.934. The Labute approximate surface area is 112 Å². The summed E-state index contributed by atoms with van der Waals surface area (Å²) in [4.78, 5) is 11.7. The predicted octanol–water partition coefficient (Wildman–Crippen LogP) is 3.75. The second-order valence-electron chi connectivity index (χ2n) is 3.75. The van der Waals surface area contributed by atoms with Crippen molar-refractivity contribution in [2.45, 2.75) is 12.8 Å². The molecule has 1 N–H and O–H groups in total. The van der Waals surface area contributed by atoms with Gasteiger partial charge in [-0.05, 0) is 46.3 Å². The Kier molecular flexibility index (Phi) is 4.15. The van der Waals surface area contributed by atoms with Crippen LogP contribution in [0.3, 0.4) is 0 Å². The monoisotopic (exact) mass is 311 g/mol. The summed E-state index contributed by atoms with van der Waals surface area (Å²) in [5, 5.41) is 2.65. The minimum atomic E-state index is -0.389. The minimum Gasteiger partial charge on any atom is -0.469 e. The Bertz CT molecular complexity index is 540. The molecule has 1 heterocycles. The number of rotatable bonds is 4. The normalized spacial score (nSPS) is 10.3. The fourth-order valence-electron chi connectivity index (χ4n) is 1.50. The number of benzene rings is 1. The van der Waals surface area contributed by atoms with Crippen LogP contribution in [0.15, 0.2) is 45.5 Å². The summed E-state index contributed by atoms with van der Waals surface area (Å²) in [7, 11) is 0. The van der Waals surface area contributed by atoms with Gasteiger partial charge in [0.25, 0.3) is 0 Å². The highest BCUT2D eigenvalue weighted by molar-refractivity contribution is 9.10. The number of carbonyl (C=O) groups excluding carboxylic acids is 1. The van der Waals surface area contributed by atoms with Crippen molar-refractivity contribution in [3.8, 4) is 0 Å². The fourth-order valence-corrected chi connectivity index (χ4v) is 1.84. The van der Waals surface area contributed by atoms with Crippen molar-refractivity contribution < 1.29 is 13.6 Å². The molecule has 1 amide bonds. The fraction of sp³-hybridized carbons (Fsp3) is 0.154. The highest BCUT2D eigenvalue weighted by Gasteiger charge is 2.07. The molecule has 18 heavy (non-hydrogen) atoms. The zero-order valence-corrected chi connectivity index (χ0v) is 11.0. The van der Waals surface area contributed by atoms with E-state index in [1.165, 1.54) is 12.1 Å². The molecule has 0 aliphatic heterocycles. The molecule has 0 fully saturated rings. The molecule has 3 nitrogen and oxygen atoms in total. The van der Waals surface area contributed by atoms with E-state index >= 15 is 0 Å². The summed E-state index contributed by atoms with van der Waals surface area (Å²) < 4.78 is 18.8. The third-order valence-electron chi connectivity index (χ3n) is 2.38. The molecule has 1 aromatic heterocycles. The van der Waals surface area contributed by atoms with E-state index in [4.69, 9.17) is 4.42 Å². The van der Waals surface area contributed by atoms with E-state index < -0.39 is 0 Å². The zero-order chi connectivity index (χ0) is 13.0. The van der Waals surface area contributed by atoms with Crippen LogP contribution in [0.1, 0.15) is 12.2 Å². The van der Waals surface area contributed by atoms with E-state index in [9.17, 15) is 9.18 Å². The van der Waals surface area contributed by atoms with Gasteiger partial charge in [0.05, 0.1) is 12.0 Å². The second-order valence-corrected chi connectivity index (χ2v) is 4.61. The summed E-state index contributed by atoms with van der Waals surface area (Å²) in [6.07, 6.45) is 2.37. The average molecular weight is 312 g/mol. The molecule has 2 aromatic rings. The number of halogens is 2. The molecule has 0 bridgehead atoms. The molecule has 0 spiro atoms. The van der Waals surface area contributed by atoms with E-state index in [0.717, 1.165) is 5.76 Å². The Hall–Kier alpha value is -1.62. The third-order valence-corrected chi connectivity index (χ3v) is 3.07. The van der Waals surface area contributed by atoms with Gasteiger partial charge >= 0.3 is 0 Å². The molecule has 0 unspecified atom stereocenters. The van der Waals surface area contributed by atoms with Gasteiger partial charge in [-0.1, -0.05) is 0 Å². The first-order chi connectivity index (χ1) is 8.65. The Morgan fingerprint density at radius 2 is 2.22 bits per heavy atom. The highest BCUT2D eigenvalue weighted by atomic mass is 79.9. The van der Waals surface area contributed by atoms with Gasteiger partial charge in [0.1, 0.15) is 11.6 Å². The first kappa shape index (κ1) is 12.8. The summed E-state index contributed by atoms with van der Waals surface area (Å²) in [5.41, 5.74) is 0.430. The molecule has 94 valence electrons. The van der Waals surface area contributed by atoms with Crippen molar-refractivity contribution in [3.63, 3.8) is 0 Å². The molecule has 0 radical (unpaired) electrons. The topological polar surface area (TPSA) is 42.2 Å². The Balaban J connectivity index is 1.92. The molecule has 0 atom stereocenters. The lowest BCUT2D eigenvalue weighted by Crippen LogP contribution is -2.12. The molecular weight excluding hydrogens is 301 g/mol. The van der Waals surface area contributed by atoms with Crippen molar-refractivity contribution in [1.29, 1.82) is 0 Å². The van der Waals surface area contributed by atoms with Gasteiger partial charge in [0.15, 0.2) is 0 Å². The Morgan fingerprint density at radius 3 is 2.94 bits per heavy atom. The SMILES string of the molecule is O=C(CCc1ccco1)Nc1cc(F)ccc1Br. The van der Waals surface area contributed by atoms with E-state index in [-0.39, 0.29) is 18.1 Å². The lowest BCUT2D eigenvalue weighted by Gasteiger charge is -2.06. The molecule has 5 heteroatoms. The van der Waals surface area contributed by atoms with E-state index in [2.05, 4.69) is 21.2 Å². The van der Waals surface area contributed by atoms with Crippen LogP contribution >= 0.6 is 15.9 Å². The van der Waals surface area contributed by atoms with Gasteiger partial charge in [-0.15, -0.1) is 0 Å². The van der Waals surface area contributed by atoms with Gasteiger partial charge in [0.2, 0.25) is 5.91 Å². The van der Waals surface area contributed by atoms with Crippen LogP contribution in [0.2, 0.25) is 0 Å². The maximum absolute atomic E-state index is 13.0. The molecule has 1 aromatic carbocycles. The number of amides is 1. The summed E-state index contributed by atoms with van der Waals surface area (Å²) in [5.74, 6) is 0.181. The number of hydrogen-bond acceptors (Lipinski definition) is 2. The van der Waals surface area contributed by atoms with Gasteiger partial charge in [-0.3, -0.25) is 4.79 Å². The molecule has 2 rings (SSSR count). The smallest absolute Gasteiger partial charge is 0.224 e. The number of hydrogen-bond donors (Lipinski definition) is 1. The number of aryl methyl sites for hydroxylation is 1. The van der Waals surface area contributed by atoms with E-state index in [1.807, 2.05) is 6.07 Å². The number of nitrogens with one attached hydrogen (secondary N) is 1. The van der Waals surface area contributed by atoms with Crippen molar-refractivity contribution >= 4 is 27.5 Å². The van der Waals surface area contributed by atoms with Crippen LogP contribution in [0, 0.1) is 5.82 Å². The van der Waals surface area contributed by atoms with E-state index in [0.29, 0.717) is 16.6 Å². The van der Waals surface area contributed by atoms with Crippen LogP contribution in [0.5, 0.6) is 0 Å². The minimum absolute atomic E-state index is 0.183. The lowest BCUT2D eigenvalue weighted by atomic mass is 10.2. The van der Waals surface area contributed by atoms with Gasteiger partial charge in [-0.25, -0.2) is 4.39 Å². The zero-order valence-electron chi connectivity index (χ0n) is 9.45. The first-order valence-electron chi connectivity index (χ1n) is 5.42. The van der Waals surface area contributed by atoms with Gasteiger partial charge in [-0.2, -0.15) is 0 Å². The standard InChI is InChI=1S/C13H11BrFNO2/c14-11-5-3-9(15)8-12(11)16-13(17)6-4-10-2-1-7-18-10/h1-3,5,7-8H,4,6H2,(H,16,17). The van der Waals surface area contributed by atoms with Crippen molar-refractivity contribution in [2.75, 3.05) is 5.32 Å². The number of furan rings is 1. The Morgan fingerprint density at radius 1 is 1.39 bits per heavy atom. The molecule has 0 saturated heterocycles. The number of anilines is 1. The molecule has 0 aliphatic rings. The maximum Gasteiger partial charge on any atom is 0.224 e. The van der Waals surface area contributed by atoms with Crippen molar-refractivity contribution in [3.05, 3.63) is 52.6 Å². The maximum atomic E-state index is 13.0. The second kappa shape index (κ2) is 5.82. The largest absolute Gasteiger partial charge is 0.469 e. The van der Waals surface area contributed by atoms with Crippen LogP contribution < -0.4 is 5.32 Å². The van der Waals surface area contributed by atoms with E-state index in [1.54, 1.807) is 18.4 Å². The summed E-state index contributed by atoms with van der Waals surface area (Å²) in [6, 6.07) is 7.73. The first-order valence-corrected chi connectivity index (χ1v) is 6.22. The van der Waals surface area contributed by atoms with Crippen LogP contribution in [0.25, 0.3) is 0 Å². The van der Waals surface area contributed by atoms with Crippen molar-refractivity contribution in [1.82, 2.24) is 0 Å².